The summed E-state index contributed by atoms with van der Waals surface area (Å²) in [5.41, 5.74) is 2.57. The van der Waals surface area contributed by atoms with Crippen molar-refractivity contribution in [3.05, 3.63) is 65.7 Å². The van der Waals surface area contributed by atoms with Gasteiger partial charge in [0.25, 0.3) is 5.91 Å². The highest BCUT2D eigenvalue weighted by Gasteiger charge is 2.52. The molecule has 1 aliphatic heterocycles. The van der Waals surface area contributed by atoms with E-state index in [0.717, 1.165) is 36.2 Å². The fraction of sp³-hybridized carbons (Fsp3) is 0.381. The third-order valence-electron chi connectivity index (χ3n) is 4.97. The van der Waals surface area contributed by atoms with Gasteiger partial charge in [0.05, 0.1) is 5.69 Å². The average molecular weight is 337 g/mol. The molecule has 0 radical (unpaired) electrons. The van der Waals surface area contributed by atoms with Crippen LogP contribution in [-0.4, -0.2) is 50.6 Å². The summed E-state index contributed by atoms with van der Waals surface area (Å²) in [6.45, 7) is 0.964. The molecule has 1 amide bonds. The molecule has 2 aromatic carbocycles. The van der Waals surface area contributed by atoms with Gasteiger partial charge in [-0.1, -0.05) is 48.5 Å². The molecule has 0 aromatic heterocycles. The van der Waals surface area contributed by atoms with Crippen LogP contribution in [0.15, 0.2) is 54.6 Å². The van der Waals surface area contributed by atoms with Crippen molar-refractivity contribution in [2.45, 2.75) is 18.3 Å². The lowest BCUT2D eigenvalue weighted by atomic mass is 9.72. The maximum atomic E-state index is 13.7. The van der Waals surface area contributed by atoms with Gasteiger partial charge >= 0.3 is 0 Å². The van der Waals surface area contributed by atoms with Crippen LogP contribution in [0.5, 0.6) is 0 Å². The fourth-order valence-corrected chi connectivity index (χ4v) is 3.87. The number of rotatable bonds is 6. The Morgan fingerprint density at radius 3 is 2.20 bits per heavy atom. The van der Waals surface area contributed by atoms with E-state index in [4.69, 9.17) is 0 Å². The second-order valence-electron chi connectivity index (χ2n) is 7.16. The standard InChI is InChI=1S/C21H27N3O/c1-22(2)16-10-15-21(17-11-6-5-7-12-17)18-13-8-9-14-19(18)24(20(21)25)23(3)4/h5-9,11-14H,10,15-16H2,1-4H3. The molecule has 0 spiro atoms. The first-order valence-corrected chi connectivity index (χ1v) is 8.80. The summed E-state index contributed by atoms with van der Waals surface area (Å²) in [6, 6.07) is 18.4. The van der Waals surface area contributed by atoms with Crippen LogP contribution in [0.1, 0.15) is 24.0 Å². The van der Waals surface area contributed by atoms with E-state index in [1.807, 2.05) is 60.5 Å². The molecule has 1 unspecified atom stereocenters. The van der Waals surface area contributed by atoms with Crippen LogP contribution < -0.4 is 5.01 Å². The number of benzene rings is 2. The molecule has 3 rings (SSSR count). The molecule has 0 aliphatic carbocycles. The Bertz CT molecular complexity index is 742. The van der Waals surface area contributed by atoms with Gasteiger partial charge in [-0.05, 0) is 50.7 Å². The summed E-state index contributed by atoms with van der Waals surface area (Å²) >= 11 is 0. The van der Waals surface area contributed by atoms with Gasteiger partial charge in [-0.3, -0.25) is 4.79 Å². The van der Waals surface area contributed by atoms with Crippen molar-refractivity contribution in [1.29, 1.82) is 0 Å². The van der Waals surface area contributed by atoms with Gasteiger partial charge in [-0.2, -0.15) is 0 Å². The molecule has 0 saturated heterocycles. The van der Waals surface area contributed by atoms with Gasteiger partial charge < -0.3 is 4.90 Å². The highest BCUT2D eigenvalue weighted by molar-refractivity contribution is 6.09. The Labute approximate surface area is 150 Å². The van der Waals surface area contributed by atoms with Crippen LogP contribution >= 0.6 is 0 Å². The number of nitrogens with zero attached hydrogens (tertiary/aromatic N) is 3. The second-order valence-corrected chi connectivity index (χ2v) is 7.16. The van der Waals surface area contributed by atoms with E-state index in [0.29, 0.717) is 0 Å². The molecule has 25 heavy (non-hydrogen) atoms. The zero-order valence-electron chi connectivity index (χ0n) is 15.6. The van der Waals surface area contributed by atoms with Crippen molar-refractivity contribution < 1.29 is 4.79 Å². The zero-order chi connectivity index (χ0) is 18.0. The van der Waals surface area contributed by atoms with Gasteiger partial charge in [-0.25, -0.2) is 10.0 Å². The van der Waals surface area contributed by atoms with Crippen molar-refractivity contribution in [2.75, 3.05) is 39.7 Å². The second kappa shape index (κ2) is 6.98. The van der Waals surface area contributed by atoms with E-state index in [1.54, 1.807) is 0 Å². The first kappa shape index (κ1) is 17.6. The lowest BCUT2D eigenvalue weighted by molar-refractivity contribution is -0.124. The Morgan fingerprint density at radius 1 is 0.920 bits per heavy atom. The molecule has 1 aliphatic rings. The van der Waals surface area contributed by atoms with E-state index in [9.17, 15) is 4.79 Å². The number of para-hydroxylation sites is 1. The molecule has 0 N–H and O–H groups in total. The number of hydrogen-bond acceptors (Lipinski definition) is 3. The Kier molecular flexibility index (Phi) is 4.93. The third-order valence-corrected chi connectivity index (χ3v) is 4.97. The smallest absolute Gasteiger partial charge is 0.256 e. The Balaban J connectivity index is 2.15. The first-order chi connectivity index (χ1) is 12.0. The minimum absolute atomic E-state index is 0.142. The number of hydrazine groups is 1. The van der Waals surface area contributed by atoms with E-state index >= 15 is 0 Å². The van der Waals surface area contributed by atoms with Crippen LogP contribution in [0.25, 0.3) is 0 Å². The Hall–Kier alpha value is -2.17. The van der Waals surface area contributed by atoms with Crippen LogP contribution in [0.4, 0.5) is 5.69 Å². The Morgan fingerprint density at radius 2 is 1.56 bits per heavy atom. The normalized spacial score (nSPS) is 19.8. The lowest BCUT2D eigenvalue weighted by Gasteiger charge is -2.31. The van der Waals surface area contributed by atoms with Crippen molar-refractivity contribution in [2.24, 2.45) is 0 Å². The molecule has 1 heterocycles. The summed E-state index contributed by atoms with van der Waals surface area (Å²) in [7, 11) is 8.00. The molecule has 1 atom stereocenters. The first-order valence-electron chi connectivity index (χ1n) is 8.80. The van der Waals surface area contributed by atoms with Crippen molar-refractivity contribution >= 4 is 11.6 Å². The minimum Gasteiger partial charge on any atom is -0.309 e. The van der Waals surface area contributed by atoms with Gasteiger partial charge in [0.2, 0.25) is 0 Å². The van der Waals surface area contributed by atoms with Gasteiger partial charge in [0, 0.05) is 14.1 Å². The SMILES string of the molecule is CN(C)CCCC1(c2ccccc2)C(=O)N(N(C)C)c2ccccc21. The van der Waals surface area contributed by atoms with E-state index in [-0.39, 0.29) is 5.91 Å². The zero-order valence-corrected chi connectivity index (χ0v) is 15.6. The highest BCUT2D eigenvalue weighted by atomic mass is 16.2. The van der Waals surface area contributed by atoms with Crippen LogP contribution in [0.3, 0.4) is 0 Å². The highest BCUT2D eigenvalue weighted by Crippen LogP contribution is 2.49. The summed E-state index contributed by atoms with van der Waals surface area (Å²) in [4.78, 5) is 15.8. The van der Waals surface area contributed by atoms with Crippen molar-refractivity contribution in [1.82, 2.24) is 9.91 Å². The van der Waals surface area contributed by atoms with E-state index < -0.39 is 5.41 Å². The monoisotopic (exact) mass is 337 g/mol. The molecule has 4 nitrogen and oxygen atoms in total. The molecule has 132 valence electrons. The van der Waals surface area contributed by atoms with Gasteiger partial charge in [0.15, 0.2) is 0 Å². The number of hydrogen-bond donors (Lipinski definition) is 0. The third kappa shape index (κ3) is 2.96. The molecular weight excluding hydrogens is 310 g/mol. The molecule has 0 fully saturated rings. The average Bonchev–Trinajstić information content (AvgIpc) is 2.85. The number of amides is 1. The summed E-state index contributed by atoms with van der Waals surface area (Å²) < 4.78 is 0. The number of fused-ring (bicyclic) bond motifs is 1. The van der Waals surface area contributed by atoms with Crippen molar-refractivity contribution in [3.63, 3.8) is 0 Å². The number of carbonyl (C=O) groups is 1. The quantitative estimate of drug-likeness (QED) is 0.810. The summed E-state index contributed by atoms with van der Waals surface area (Å²) in [6.07, 6.45) is 1.76. The maximum absolute atomic E-state index is 13.7. The lowest BCUT2D eigenvalue weighted by Crippen LogP contribution is -2.47. The van der Waals surface area contributed by atoms with Crippen LogP contribution in [0, 0.1) is 0 Å². The largest absolute Gasteiger partial charge is 0.309 e. The summed E-state index contributed by atoms with van der Waals surface area (Å²) in [5, 5.41) is 3.70. The molecule has 0 bridgehead atoms. The summed E-state index contributed by atoms with van der Waals surface area (Å²) in [5.74, 6) is 0.142. The predicted octanol–water partition coefficient (Wildman–Crippen LogP) is 3.14. The predicted molar refractivity (Wildman–Crippen MR) is 103 cm³/mol. The number of carbonyl (C=O) groups excluding carboxylic acids is 1. The van der Waals surface area contributed by atoms with E-state index in [2.05, 4.69) is 37.2 Å². The molecule has 2 aromatic rings. The fourth-order valence-electron chi connectivity index (χ4n) is 3.87. The minimum atomic E-state index is -0.613. The molecule has 4 heteroatoms. The molecule has 0 saturated carbocycles. The maximum Gasteiger partial charge on any atom is 0.256 e. The molecular formula is C21H27N3O. The van der Waals surface area contributed by atoms with Crippen LogP contribution in [0.2, 0.25) is 0 Å². The van der Waals surface area contributed by atoms with E-state index in [1.165, 1.54) is 0 Å². The van der Waals surface area contributed by atoms with Crippen molar-refractivity contribution in [3.8, 4) is 0 Å². The number of anilines is 1. The van der Waals surface area contributed by atoms with Gasteiger partial charge in [-0.15, -0.1) is 0 Å². The topological polar surface area (TPSA) is 26.8 Å². The van der Waals surface area contributed by atoms with Crippen LogP contribution in [-0.2, 0) is 10.2 Å². The van der Waals surface area contributed by atoms with Gasteiger partial charge in [0.1, 0.15) is 5.41 Å².